The quantitative estimate of drug-likeness (QED) is 0.638. The molecule has 2 aromatic carbocycles. The number of aliphatic hydroxyl groups is 3. The molecule has 0 radical (unpaired) electrons. The number of phenolic OH excluding ortho intramolecular Hbond substituents is 1. The van der Waals surface area contributed by atoms with Crippen molar-refractivity contribution >= 4 is 10.8 Å². The molecule has 0 bridgehead atoms. The predicted molar refractivity (Wildman–Crippen MR) is 74.0 cm³/mol. The number of phenols is 1. The standard InChI is InChI=1S/C15H16O6/c16-10-7-20-15(14(19)13(10)18)21-11-6-5-8-3-1-2-4-9(8)12(11)17/h1-6,10,13-19H,7H2/t10-,13+,14-,15+/m1/s1. The maximum absolute atomic E-state index is 10.2. The van der Waals surface area contributed by atoms with E-state index in [9.17, 15) is 20.4 Å². The molecule has 4 atom stereocenters. The van der Waals surface area contributed by atoms with Gasteiger partial charge in [0, 0.05) is 5.39 Å². The zero-order valence-electron chi connectivity index (χ0n) is 11.1. The highest BCUT2D eigenvalue weighted by molar-refractivity contribution is 5.90. The van der Waals surface area contributed by atoms with Gasteiger partial charge in [-0.3, -0.25) is 0 Å². The number of aliphatic hydroxyl groups excluding tert-OH is 3. The minimum absolute atomic E-state index is 0.0653. The zero-order chi connectivity index (χ0) is 15.0. The van der Waals surface area contributed by atoms with Crippen molar-refractivity contribution in [2.75, 3.05) is 6.61 Å². The smallest absolute Gasteiger partial charge is 0.229 e. The molecule has 1 heterocycles. The Bertz CT molecular complexity index is 643. The monoisotopic (exact) mass is 292 g/mol. The van der Waals surface area contributed by atoms with E-state index in [0.717, 1.165) is 5.39 Å². The van der Waals surface area contributed by atoms with Crippen molar-refractivity contribution in [1.29, 1.82) is 0 Å². The molecule has 0 amide bonds. The summed E-state index contributed by atoms with van der Waals surface area (Å²) in [4.78, 5) is 0. The number of rotatable bonds is 2. The first kappa shape index (κ1) is 14.1. The van der Waals surface area contributed by atoms with Gasteiger partial charge in [0.15, 0.2) is 11.5 Å². The summed E-state index contributed by atoms with van der Waals surface area (Å²) in [6.45, 7) is -0.156. The van der Waals surface area contributed by atoms with Crippen LogP contribution in [-0.2, 0) is 4.74 Å². The highest BCUT2D eigenvalue weighted by Gasteiger charge is 2.39. The first-order valence-corrected chi connectivity index (χ1v) is 6.61. The summed E-state index contributed by atoms with van der Waals surface area (Å²) in [5.41, 5.74) is 0. The van der Waals surface area contributed by atoms with Crippen molar-refractivity contribution in [2.45, 2.75) is 24.6 Å². The minimum Gasteiger partial charge on any atom is -0.504 e. The van der Waals surface area contributed by atoms with Crippen molar-refractivity contribution in [3.05, 3.63) is 36.4 Å². The van der Waals surface area contributed by atoms with Gasteiger partial charge in [-0.05, 0) is 11.5 Å². The van der Waals surface area contributed by atoms with E-state index in [2.05, 4.69) is 0 Å². The van der Waals surface area contributed by atoms with Gasteiger partial charge >= 0.3 is 0 Å². The Balaban J connectivity index is 1.87. The molecule has 1 aliphatic heterocycles. The number of hydrogen-bond donors (Lipinski definition) is 4. The molecule has 0 saturated carbocycles. The fraction of sp³-hybridized carbons (Fsp3) is 0.333. The van der Waals surface area contributed by atoms with E-state index >= 15 is 0 Å². The van der Waals surface area contributed by atoms with E-state index < -0.39 is 24.6 Å². The second-order valence-corrected chi connectivity index (χ2v) is 5.00. The van der Waals surface area contributed by atoms with Gasteiger partial charge in [0.05, 0.1) is 6.61 Å². The molecule has 1 saturated heterocycles. The number of fused-ring (bicyclic) bond motifs is 1. The van der Waals surface area contributed by atoms with Gasteiger partial charge in [-0.2, -0.15) is 0 Å². The van der Waals surface area contributed by atoms with Gasteiger partial charge < -0.3 is 29.9 Å². The summed E-state index contributed by atoms with van der Waals surface area (Å²) in [5, 5.41) is 40.5. The van der Waals surface area contributed by atoms with Crippen LogP contribution in [0.3, 0.4) is 0 Å². The van der Waals surface area contributed by atoms with Crippen LogP contribution in [0.1, 0.15) is 0 Å². The molecule has 6 heteroatoms. The van der Waals surface area contributed by atoms with Crippen molar-refractivity contribution < 1.29 is 29.9 Å². The van der Waals surface area contributed by atoms with Crippen molar-refractivity contribution in [2.24, 2.45) is 0 Å². The van der Waals surface area contributed by atoms with Gasteiger partial charge in [0.2, 0.25) is 6.29 Å². The normalized spacial score (nSPS) is 29.5. The summed E-state index contributed by atoms with van der Waals surface area (Å²) >= 11 is 0. The zero-order valence-corrected chi connectivity index (χ0v) is 11.1. The minimum atomic E-state index is -1.40. The average Bonchev–Trinajstić information content (AvgIpc) is 2.50. The van der Waals surface area contributed by atoms with Crippen molar-refractivity contribution in [3.63, 3.8) is 0 Å². The molecule has 0 aromatic heterocycles. The van der Waals surface area contributed by atoms with Gasteiger partial charge in [-0.25, -0.2) is 0 Å². The summed E-state index contributed by atoms with van der Waals surface area (Å²) in [5.74, 6) is 0.0749. The van der Waals surface area contributed by atoms with Crippen LogP contribution in [-0.4, -0.2) is 51.6 Å². The Morgan fingerprint density at radius 2 is 1.76 bits per heavy atom. The third-order valence-corrected chi connectivity index (χ3v) is 3.56. The first-order chi connectivity index (χ1) is 10.1. The number of hydrogen-bond acceptors (Lipinski definition) is 6. The topological polar surface area (TPSA) is 99.4 Å². The molecule has 3 rings (SSSR count). The lowest BCUT2D eigenvalue weighted by molar-refractivity contribution is -0.242. The van der Waals surface area contributed by atoms with Crippen LogP contribution in [0.5, 0.6) is 11.5 Å². The molecule has 0 spiro atoms. The van der Waals surface area contributed by atoms with E-state index in [1.54, 1.807) is 24.3 Å². The van der Waals surface area contributed by atoms with Gasteiger partial charge in [-0.15, -0.1) is 0 Å². The second kappa shape index (κ2) is 5.50. The maximum Gasteiger partial charge on any atom is 0.229 e. The van der Waals surface area contributed by atoms with Crippen molar-refractivity contribution in [3.8, 4) is 11.5 Å². The Kier molecular flexibility index (Phi) is 3.69. The molecule has 1 aliphatic rings. The molecular formula is C15H16O6. The highest BCUT2D eigenvalue weighted by Crippen LogP contribution is 2.35. The molecule has 112 valence electrons. The maximum atomic E-state index is 10.2. The molecule has 0 aliphatic carbocycles. The number of benzene rings is 2. The van der Waals surface area contributed by atoms with E-state index in [1.165, 1.54) is 0 Å². The molecule has 0 unspecified atom stereocenters. The Labute approximate surface area is 120 Å². The summed E-state index contributed by atoms with van der Waals surface area (Å²) < 4.78 is 10.6. The molecule has 2 aromatic rings. The Hall–Kier alpha value is -1.86. The summed E-state index contributed by atoms with van der Waals surface area (Å²) in [7, 11) is 0. The fourth-order valence-electron chi connectivity index (χ4n) is 2.34. The average molecular weight is 292 g/mol. The Morgan fingerprint density at radius 3 is 2.57 bits per heavy atom. The SMILES string of the molecule is Oc1c(O[C@@H]2OC[C@@H](O)[C@H](O)[C@H]2O)ccc2ccccc12. The van der Waals surface area contributed by atoms with Gasteiger partial charge in [-0.1, -0.05) is 30.3 Å². The van der Waals surface area contributed by atoms with E-state index in [0.29, 0.717) is 5.39 Å². The van der Waals surface area contributed by atoms with Crippen LogP contribution in [0, 0.1) is 0 Å². The number of aromatic hydroxyl groups is 1. The summed E-state index contributed by atoms with van der Waals surface area (Å²) in [6.07, 6.45) is -5.08. The lowest BCUT2D eigenvalue weighted by Crippen LogP contribution is -2.54. The van der Waals surface area contributed by atoms with Crippen LogP contribution < -0.4 is 4.74 Å². The third-order valence-electron chi connectivity index (χ3n) is 3.56. The first-order valence-electron chi connectivity index (χ1n) is 6.61. The van der Waals surface area contributed by atoms with Crippen LogP contribution in [0.2, 0.25) is 0 Å². The van der Waals surface area contributed by atoms with Crippen LogP contribution in [0.4, 0.5) is 0 Å². The highest BCUT2D eigenvalue weighted by atomic mass is 16.7. The van der Waals surface area contributed by atoms with Gasteiger partial charge in [0.25, 0.3) is 0 Å². The molecule has 21 heavy (non-hydrogen) atoms. The fourth-order valence-corrected chi connectivity index (χ4v) is 2.34. The number of ether oxygens (including phenoxy) is 2. The van der Waals surface area contributed by atoms with Crippen molar-refractivity contribution in [1.82, 2.24) is 0 Å². The lowest BCUT2D eigenvalue weighted by atomic mass is 10.1. The third kappa shape index (κ3) is 2.54. The second-order valence-electron chi connectivity index (χ2n) is 5.00. The van der Waals surface area contributed by atoms with E-state index in [4.69, 9.17) is 9.47 Å². The van der Waals surface area contributed by atoms with Crippen LogP contribution >= 0.6 is 0 Å². The molecular weight excluding hydrogens is 276 g/mol. The van der Waals surface area contributed by atoms with Gasteiger partial charge in [0.1, 0.15) is 18.3 Å². The molecule has 1 fully saturated rings. The lowest BCUT2D eigenvalue weighted by Gasteiger charge is -2.35. The Morgan fingerprint density at radius 1 is 1.00 bits per heavy atom. The predicted octanol–water partition coefficient (Wildman–Crippen LogP) is 0.363. The van der Waals surface area contributed by atoms with Crippen LogP contribution in [0.25, 0.3) is 10.8 Å². The summed E-state index contributed by atoms with van der Waals surface area (Å²) in [6, 6.07) is 10.6. The van der Waals surface area contributed by atoms with E-state index in [-0.39, 0.29) is 18.1 Å². The molecule has 4 N–H and O–H groups in total. The van der Waals surface area contributed by atoms with E-state index in [1.807, 2.05) is 12.1 Å². The molecule has 6 nitrogen and oxygen atoms in total. The van der Waals surface area contributed by atoms with Crippen LogP contribution in [0.15, 0.2) is 36.4 Å². The largest absolute Gasteiger partial charge is 0.504 e.